The maximum atomic E-state index is 12.3. The van der Waals surface area contributed by atoms with Crippen molar-refractivity contribution in [1.82, 2.24) is 5.32 Å². The minimum Gasteiger partial charge on any atom is -0.486 e. The lowest BCUT2D eigenvalue weighted by molar-refractivity contribution is -0.149. The summed E-state index contributed by atoms with van der Waals surface area (Å²) in [5, 5.41) is 3.20. The van der Waals surface area contributed by atoms with E-state index in [1.807, 2.05) is 37.4 Å². The van der Waals surface area contributed by atoms with E-state index in [2.05, 4.69) is 43.4 Å². The van der Waals surface area contributed by atoms with E-state index in [1.54, 1.807) is 0 Å². The number of rotatable bonds is 14. The molecule has 0 aliphatic carbocycles. The molecule has 0 heterocycles. The Morgan fingerprint density at radius 1 is 0.933 bits per heavy atom. The number of benzene rings is 2. The summed E-state index contributed by atoms with van der Waals surface area (Å²) in [7, 11) is 1.95. The van der Waals surface area contributed by atoms with Crippen molar-refractivity contribution in [1.29, 1.82) is 0 Å². The van der Waals surface area contributed by atoms with Crippen LogP contribution in [0.25, 0.3) is 0 Å². The van der Waals surface area contributed by atoms with Crippen molar-refractivity contribution < 1.29 is 14.3 Å². The third-order valence-electron chi connectivity index (χ3n) is 5.27. The number of carbonyl (C=O) groups is 1. The van der Waals surface area contributed by atoms with Crippen LogP contribution >= 0.6 is 0 Å². The van der Waals surface area contributed by atoms with Gasteiger partial charge >= 0.3 is 5.97 Å². The molecule has 0 aliphatic rings. The van der Waals surface area contributed by atoms with Gasteiger partial charge in [0.1, 0.15) is 11.9 Å². The Balaban J connectivity index is 1.87. The molecular formula is C26H37NO3. The summed E-state index contributed by atoms with van der Waals surface area (Å²) in [6.07, 6.45) is 5.48. The highest BCUT2D eigenvalue weighted by Crippen LogP contribution is 2.25. The van der Waals surface area contributed by atoms with E-state index in [1.165, 1.54) is 5.56 Å². The number of ether oxygens (including phenoxy) is 2. The highest BCUT2D eigenvalue weighted by molar-refractivity contribution is 5.72. The van der Waals surface area contributed by atoms with E-state index >= 15 is 0 Å². The Labute approximate surface area is 182 Å². The lowest BCUT2D eigenvalue weighted by Gasteiger charge is -2.20. The van der Waals surface area contributed by atoms with Gasteiger partial charge in [-0.05, 0) is 49.7 Å². The fourth-order valence-electron chi connectivity index (χ4n) is 3.60. The van der Waals surface area contributed by atoms with Crippen LogP contribution in [-0.2, 0) is 16.0 Å². The molecule has 1 N–H and O–H groups in total. The molecule has 4 heteroatoms. The zero-order valence-electron chi connectivity index (χ0n) is 18.7. The summed E-state index contributed by atoms with van der Waals surface area (Å²) in [6, 6.07) is 18.4. The second kappa shape index (κ2) is 13.8. The number of hydrogen-bond acceptors (Lipinski definition) is 4. The molecule has 0 spiro atoms. The van der Waals surface area contributed by atoms with Gasteiger partial charge in [-0.1, -0.05) is 69.2 Å². The van der Waals surface area contributed by atoms with Crippen LogP contribution in [0.5, 0.6) is 5.75 Å². The van der Waals surface area contributed by atoms with Gasteiger partial charge in [-0.15, -0.1) is 0 Å². The highest BCUT2D eigenvalue weighted by Gasteiger charge is 2.18. The predicted octanol–water partition coefficient (Wildman–Crippen LogP) is 5.72. The SMILES string of the molecule is CCCC(CCC)C(=O)OCCc1ccc(OC(CCNC)c2ccccc2)cc1. The molecule has 164 valence electrons. The van der Waals surface area contributed by atoms with Gasteiger partial charge in [-0.25, -0.2) is 0 Å². The van der Waals surface area contributed by atoms with Crippen LogP contribution in [0, 0.1) is 5.92 Å². The molecule has 0 fully saturated rings. The fraction of sp³-hybridized carbons (Fsp3) is 0.500. The molecule has 1 atom stereocenters. The number of hydrogen-bond donors (Lipinski definition) is 1. The molecule has 2 aromatic rings. The average molecular weight is 412 g/mol. The molecule has 0 aromatic heterocycles. The van der Waals surface area contributed by atoms with E-state index < -0.39 is 0 Å². The third kappa shape index (κ3) is 8.19. The number of nitrogens with one attached hydrogen (secondary N) is 1. The fourth-order valence-corrected chi connectivity index (χ4v) is 3.60. The van der Waals surface area contributed by atoms with Crippen molar-refractivity contribution in [3.05, 3.63) is 65.7 Å². The zero-order valence-corrected chi connectivity index (χ0v) is 18.7. The Morgan fingerprint density at radius 2 is 1.60 bits per heavy atom. The van der Waals surface area contributed by atoms with Crippen LogP contribution in [0.3, 0.4) is 0 Å². The Hall–Kier alpha value is -2.33. The zero-order chi connectivity index (χ0) is 21.6. The second-order valence-corrected chi connectivity index (χ2v) is 7.75. The lowest BCUT2D eigenvalue weighted by atomic mass is 9.99. The largest absolute Gasteiger partial charge is 0.486 e. The van der Waals surface area contributed by atoms with E-state index in [-0.39, 0.29) is 18.0 Å². The molecule has 0 saturated carbocycles. The van der Waals surface area contributed by atoms with Crippen molar-refractivity contribution in [2.24, 2.45) is 5.92 Å². The maximum absolute atomic E-state index is 12.3. The first kappa shape index (κ1) is 23.9. The summed E-state index contributed by atoms with van der Waals surface area (Å²) in [5.41, 5.74) is 2.32. The molecule has 0 radical (unpaired) electrons. The summed E-state index contributed by atoms with van der Waals surface area (Å²) in [6.45, 7) is 5.54. The normalized spacial score (nSPS) is 12.0. The first-order chi connectivity index (χ1) is 14.7. The summed E-state index contributed by atoms with van der Waals surface area (Å²) < 4.78 is 11.8. The van der Waals surface area contributed by atoms with E-state index in [4.69, 9.17) is 9.47 Å². The minimum atomic E-state index is -0.0473. The standard InChI is InChI=1S/C26H37NO3/c1-4-9-23(10-5-2)26(28)29-20-18-21-13-15-24(16-14-21)30-25(17-19-27-3)22-11-7-6-8-12-22/h6-8,11-16,23,25,27H,4-5,9-10,17-20H2,1-3H3. The van der Waals surface area contributed by atoms with Gasteiger partial charge in [0.25, 0.3) is 0 Å². The lowest BCUT2D eigenvalue weighted by Crippen LogP contribution is -2.19. The van der Waals surface area contributed by atoms with Crippen LogP contribution in [0.1, 0.15) is 63.2 Å². The molecule has 0 bridgehead atoms. The van der Waals surface area contributed by atoms with Crippen LogP contribution in [0.2, 0.25) is 0 Å². The molecule has 1 unspecified atom stereocenters. The van der Waals surface area contributed by atoms with Gasteiger partial charge in [-0.3, -0.25) is 4.79 Å². The molecule has 2 rings (SSSR count). The Bertz CT molecular complexity index is 709. The highest BCUT2D eigenvalue weighted by atomic mass is 16.5. The van der Waals surface area contributed by atoms with Gasteiger partial charge in [0.2, 0.25) is 0 Å². The van der Waals surface area contributed by atoms with Crippen LogP contribution < -0.4 is 10.1 Å². The Kier molecular flexibility index (Phi) is 11.0. The van der Waals surface area contributed by atoms with Gasteiger partial charge in [-0.2, -0.15) is 0 Å². The number of carbonyl (C=O) groups excluding carboxylic acids is 1. The average Bonchev–Trinajstić information content (AvgIpc) is 2.78. The summed E-state index contributed by atoms with van der Waals surface area (Å²) >= 11 is 0. The molecule has 0 saturated heterocycles. The Morgan fingerprint density at radius 3 is 2.20 bits per heavy atom. The molecule has 4 nitrogen and oxygen atoms in total. The van der Waals surface area contributed by atoms with Crippen molar-refractivity contribution in [2.45, 2.75) is 58.5 Å². The van der Waals surface area contributed by atoms with Gasteiger partial charge in [0.15, 0.2) is 0 Å². The van der Waals surface area contributed by atoms with Crippen LogP contribution in [0.15, 0.2) is 54.6 Å². The van der Waals surface area contributed by atoms with Crippen LogP contribution in [0.4, 0.5) is 0 Å². The summed E-state index contributed by atoms with van der Waals surface area (Å²) in [4.78, 5) is 12.3. The molecular weight excluding hydrogens is 374 g/mol. The topological polar surface area (TPSA) is 47.6 Å². The van der Waals surface area contributed by atoms with Gasteiger partial charge < -0.3 is 14.8 Å². The first-order valence-corrected chi connectivity index (χ1v) is 11.3. The van der Waals surface area contributed by atoms with E-state index in [0.717, 1.165) is 56.4 Å². The molecule has 0 amide bonds. The van der Waals surface area contributed by atoms with E-state index in [9.17, 15) is 4.79 Å². The second-order valence-electron chi connectivity index (χ2n) is 7.75. The van der Waals surface area contributed by atoms with Crippen molar-refractivity contribution in [3.8, 4) is 5.75 Å². The molecule has 2 aromatic carbocycles. The van der Waals surface area contributed by atoms with Crippen molar-refractivity contribution >= 4 is 5.97 Å². The minimum absolute atomic E-state index is 0.0134. The smallest absolute Gasteiger partial charge is 0.308 e. The van der Waals surface area contributed by atoms with Crippen molar-refractivity contribution in [3.63, 3.8) is 0 Å². The molecule has 0 aliphatic heterocycles. The van der Waals surface area contributed by atoms with Crippen molar-refractivity contribution in [2.75, 3.05) is 20.2 Å². The third-order valence-corrected chi connectivity index (χ3v) is 5.27. The maximum Gasteiger partial charge on any atom is 0.308 e. The summed E-state index contributed by atoms with van der Waals surface area (Å²) in [5.74, 6) is 0.851. The van der Waals surface area contributed by atoms with Gasteiger partial charge in [0.05, 0.1) is 12.5 Å². The van der Waals surface area contributed by atoms with E-state index in [0.29, 0.717) is 6.61 Å². The molecule has 30 heavy (non-hydrogen) atoms. The predicted molar refractivity (Wildman–Crippen MR) is 123 cm³/mol. The van der Waals surface area contributed by atoms with Gasteiger partial charge in [0, 0.05) is 12.8 Å². The van der Waals surface area contributed by atoms with Crippen LogP contribution in [-0.4, -0.2) is 26.2 Å². The monoisotopic (exact) mass is 411 g/mol. The quantitative estimate of drug-likeness (QED) is 0.404. The number of esters is 1. The first-order valence-electron chi connectivity index (χ1n) is 11.3.